The Balaban J connectivity index is 3.04. The molecule has 0 amide bonds. The minimum atomic E-state index is 0.545. The highest BCUT2D eigenvalue weighted by molar-refractivity contribution is 5.58. The van der Waals surface area contributed by atoms with Crippen LogP contribution in [0, 0.1) is 11.3 Å². The lowest BCUT2D eigenvalue weighted by atomic mass is 10.2. The molecule has 1 rings (SSSR count). The minimum absolute atomic E-state index is 0.545. The summed E-state index contributed by atoms with van der Waals surface area (Å²) in [7, 11) is 0. The van der Waals surface area contributed by atoms with Crippen molar-refractivity contribution in [2.75, 3.05) is 12.0 Å². The topological polar surface area (TPSA) is 71.1 Å². The van der Waals surface area contributed by atoms with Gasteiger partial charge in [-0.05, 0) is 19.1 Å². The Labute approximate surface area is 76.9 Å². The van der Waals surface area contributed by atoms with Crippen molar-refractivity contribution in [2.24, 2.45) is 5.84 Å². The van der Waals surface area contributed by atoms with E-state index >= 15 is 0 Å². The van der Waals surface area contributed by atoms with E-state index in [1.54, 1.807) is 18.2 Å². The highest BCUT2D eigenvalue weighted by Crippen LogP contribution is 2.24. The lowest BCUT2D eigenvalue weighted by Gasteiger charge is -2.08. The van der Waals surface area contributed by atoms with E-state index in [0.29, 0.717) is 23.6 Å². The molecule has 4 heteroatoms. The first-order valence-electron chi connectivity index (χ1n) is 3.95. The number of anilines is 1. The van der Waals surface area contributed by atoms with Gasteiger partial charge < -0.3 is 10.2 Å². The van der Waals surface area contributed by atoms with E-state index in [4.69, 9.17) is 15.8 Å². The molecule has 13 heavy (non-hydrogen) atoms. The zero-order valence-electron chi connectivity index (χ0n) is 7.37. The SMILES string of the molecule is CCOc1cc(C#N)ccc1NN. The van der Waals surface area contributed by atoms with Gasteiger partial charge in [-0.25, -0.2) is 0 Å². The number of hydrazine groups is 1. The number of nitrogen functional groups attached to an aromatic ring is 1. The van der Waals surface area contributed by atoms with Crippen LogP contribution >= 0.6 is 0 Å². The first-order chi connectivity index (χ1) is 6.31. The molecule has 0 bridgehead atoms. The molecule has 0 heterocycles. The van der Waals surface area contributed by atoms with Crippen molar-refractivity contribution >= 4 is 5.69 Å². The van der Waals surface area contributed by atoms with Gasteiger partial charge in [0.25, 0.3) is 0 Å². The molecule has 0 spiro atoms. The molecular formula is C9H11N3O. The van der Waals surface area contributed by atoms with Crippen LogP contribution in [-0.4, -0.2) is 6.61 Å². The fraction of sp³-hybridized carbons (Fsp3) is 0.222. The summed E-state index contributed by atoms with van der Waals surface area (Å²) in [5.41, 5.74) is 3.74. The van der Waals surface area contributed by atoms with Crippen molar-refractivity contribution in [2.45, 2.75) is 6.92 Å². The van der Waals surface area contributed by atoms with E-state index in [0.717, 1.165) is 0 Å². The Bertz CT molecular complexity index is 330. The van der Waals surface area contributed by atoms with Crippen LogP contribution in [0.2, 0.25) is 0 Å². The van der Waals surface area contributed by atoms with Crippen LogP contribution in [0.3, 0.4) is 0 Å². The van der Waals surface area contributed by atoms with Gasteiger partial charge in [0.2, 0.25) is 0 Å². The van der Waals surface area contributed by atoms with Gasteiger partial charge >= 0.3 is 0 Å². The van der Waals surface area contributed by atoms with Gasteiger partial charge in [-0.15, -0.1) is 0 Å². The molecule has 0 aliphatic carbocycles. The van der Waals surface area contributed by atoms with E-state index in [1.807, 2.05) is 13.0 Å². The van der Waals surface area contributed by atoms with Gasteiger partial charge in [0.15, 0.2) is 0 Å². The highest BCUT2D eigenvalue weighted by Gasteiger charge is 2.02. The Kier molecular flexibility index (Phi) is 3.12. The van der Waals surface area contributed by atoms with Gasteiger partial charge in [-0.1, -0.05) is 0 Å². The second-order valence-electron chi connectivity index (χ2n) is 2.40. The van der Waals surface area contributed by atoms with Crippen LogP contribution < -0.4 is 16.0 Å². The number of benzene rings is 1. The van der Waals surface area contributed by atoms with Gasteiger partial charge in [0.05, 0.1) is 23.9 Å². The van der Waals surface area contributed by atoms with Crippen molar-refractivity contribution in [1.82, 2.24) is 0 Å². The summed E-state index contributed by atoms with van der Waals surface area (Å²) in [6, 6.07) is 7.07. The maximum atomic E-state index is 8.64. The lowest BCUT2D eigenvalue weighted by Crippen LogP contribution is -2.08. The van der Waals surface area contributed by atoms with Crippen molar-refractivity contribution in [3.8, 4) is 11.8 Å². The van der Waals surface area contributed by atoms with Gasteiger partial charge in [-0.2, -0.15) is 5.26 Å². The van der Waals surface area contributed by atoms with Gasteiger partial charge in [0.1, 0.15) is 5.75 Å². The Morgan fingerprint density at radius 2 is 2.38 bits per heavy atom. The Morgan fingerprint density at radius 1 is 1.62 bits per heavy atom. The predicted molar refractivity (Wildman–Crippen MR) is 50.1 cm³/mol. The third-order valence-corrected chi connectivity index (χ3v) is 1.57. The molecule has 3 N–H and O–H groups in total. The largest absolute Gasteiger partial charge is 0.492 e. The van der Waals surface area contributed by atoms with E-state index in [1.165, 1.54) is 0 Å². The van der Waals surface area contributed by atoms with Crippen molar-refractivity contribution in [3.05, 3.63) is 23.8 Å². The molecule has 0 aliphatic rings. The number of nitrogens with two attached hydrogens (primary N) is 1. The summed E-state index contributed by atoms with van der Waals surface area (Å²) in [6.45, 7) is 2.42. The molecule has 0 atom stereocenters. The van der Waals surface area contributed by atoms with Gasteiger partial charge in [-0.3, -0.25) is 5.84 Å². The minimum Gasteiger partial charge on any atom is -0.492 e. The second-order valence-corrected chi connectivity index (χ2v) is 2.40. The van der Waals surface area contributed by atoms with Crippen LogP contribution in [-0.2, 0) is 0 Å². The van der Waals surface area contributed by atoms with Crippen LogP contribution in [0.5, 0.6) is 5.75 Å². The molecule has 68 valence electrons. The summed E-state index contributed by atoms with van der Waals surface area (Å²) in [5.74, 6) is 5.86. The van der Waals surface area contributed by atoms with E-state index in [-0.39, 0.29) is 0 Å². The smallest absolute Gasteiger partial charge is 0.145 e. The summed E-state index contributed by atoms with van der Waals surface area (Å²) >= 11 is 0. The van der Waals surface area contributed by atoms with Crippen LogP contribution in [0.25, 0.3) is 0 Å². The molecular weight excluding hydrogens is 166 g/mol. The quantitative estimate of drug-likeness (QED) is 0.538. The molecule has 0 saturated carbocycles. The summed E-state index contributed by atoms with van der Waals surface area (Å²) in [6.07, 6.45) is 0. The molecule has 0 unspecified atom stereocenters. The predicted octanol–water partition coefficient (Wildman–Crippen LogP) is 1.24. The van der Waals surface area contributed by atoms with Gasteiger partial charge in [0, 0.05) is 6.07 Å². The number of hydrogen-bond acceptors (Lipinski definition) is 4. The molecule has 4 nitrogen and oxygen atoms in total. The molecule has 1 aromatic carbocycles. The average Bonchev–Trinajstić information content (AvgIpc) is 2.18. The monoisotopic (exact) mass is 177 g/mol. The molecule has 1 aromatic rings. The van der Waals surface area contributed by atoms with Crippen LogP contribution in [0.15, 0.2) is 18.2 Å². The normalized spacial score (nSPS) is 9.00. The molecule has 0 radical (unpaired) electrons. The first kappa shape index (κ1) is 9.36. The number of ether oxygens (including phenoxy) is 1. The number of hydrogen-bond donors (Lipinski definition) is 2. The van der Waals surface area contributed by atoms with Crippen LogP contribution in [0.4, 0.5) is 5.69 Å². The Morgan fingerprint density at radius 3 is 2.92 bits per heavy atom. The zero-order valence-corrected chi connectivity index (χ0v) is 7.37. The average molecular weight is 177 g/mol. The summed E-state index contributed by atoms with van der Waals surface area (Å²) < 4.78 is 5.28. The fourth-order valence-corrected chi connectivity index (χ4v) is 0.986. The fourth-order valence-electron chi connectivity index (χ4n) is 0.986. The molecule has 0 aliphatic heterocycles. The highest BCUT2D eigenvalue weighted by atomic mass is 16.5. The van der Waals surface area contributed by atoms with E-state index < -0.39 is 0 Å². The van der Waals surface area contributed by atoms with Crippen molar-refractivity contribution in [3.63, 3.8) is 0 Å². The van der Waals surface area contributed by atoms with Crippen LogP contribution in [0.1, 0.15) is 12.5 Å². The standard InChI is InChI=1S/C9H11N3O/c1-2-13-9-5-7(6-10)3-4-8(9)12-11/h3-5,12H,2,11H2,1H3. The number of rotatable bonds is 3. The molecule has 0 aromatic heterocycles. The van der Waals surface area contributed by atoms with Crippen molar-refractivity contribution in [1.29, 1.82) is 5.26 Å². The molecule has 0 saturated heterocycles. The summed E-state index contributed by atoms with van der Waals surface area (Å²) in [4.78, 5) is 0. The summed E-state index contributed by atoms with van der Waals surface area (Å²) in [5, 5.41) is 8.64. The number of nitrogens with zero attached hydrogens (tertiary/aromatic N) is 1. The van der Waals surface area contributed by atoms with E-state index in [9.17, 15) is 0 Å². The zero-order chi connectivity index (χ0) is 9.68. The number of nitriles is 1. The lowest BCUT2D eigenvalue weighted by molar-refractivity contribution is 0.341. The second kappa shape index (κ2) is 4.33. The molecule has 0 fully saturated rings. The third-order valence-electron chi connectivity index (χ3n) is 1.57. The third kappa shape index (κ3) is 2.10. The Hall–Kier alpha value is -1.73. The maximum Gasteiger partial charge on any atom is 0.145 e. The van der Waals surface area contributed by atoms with E-state index in [2.05, 4.69) is 5.43 Å². The number of nitrogens with one attached hydrogen (secondary N) is 1. The maximum absolute atomic E-state index is 8.64. The van der Waals surface area contributed by atoms with Crippen molar-refractivity contribution < 1.29 is 4.74 Å². The first-order valence-corrected chi connectivity index (χ1v) is 3.95.